The van der Waals surface area contributed by atoms with Gasteiger partial charge in [0.1, 0.15) is 0 Å². The fourth-order valence-electron chi connectivity index (χ4n) is 2.81. The van der Waals surface area contributed by atoms with E-state index in [-0.39, 0.29) is 5.78 Å². The van der Waals surface area contributed by atoms with Crippen LogP contribution in [0.4, 0.5) is 5.69 Å². The van der Waals surface area contributed by atoms with Crippen LogP contribution in [0.2, 0.25) is 0 Å². The van der Waals surface area contributed by atoms with Crippen molar-refractivity contribution in [1.82, 2.24) is 4.98 Å². The van der Waals surface area contributed by atoms with Crippen LogP contribution in [0.5, 0.6) is 0 Å². The van der Waals surface area contributed by atoms with E-state index in [0.29, 0.717) is 35.4 Å². The largest absolute Gasteiger partial charge is 0.465 e. The summed E-state index contributed by atoms with van der Waals surface area (Å²) in [4.78, 5) is 27.5. The number of nitrogens with one attached hydrogen (secondary N) is 1. The minimum absolute atomic E-state index is 0.0539. The Bertz CT molecular complexity index is 732. The van der Waals surface area contributed by atoms with Gasteiger partial charge in [-0.05, 0) is 38.3 Å². The summed E-state index contributed by atoms with van der Waals surface area (Å²) in [6, 6.07) is 7.64. The molecule has 3 N–H and O–H groups in total. The Labute approximate surface area is 135 Å². The van der Waals surface area contributed by atoms with E-state index in [1.54, 1.807) is 13.8 Å². The normalized spacial score (nSPS) is 10.6. The number of H-pyrrole nitrogens is 1. The Morgan fingerprint density at radius 1 is 1.13 bits per heavy atom. The van der Waals surface area contributed by atoms with Crippen molar-refractivity contribution in [2.75, 3.05) is 12.8 Å². The number of rotatable bonds is 6. The molecule has 0 aliphatic carbocycles. The third-order valence-electron chi connectivity index (χ3n) is 3.95. The SMILES string of the molecule is COC(=O)c1c(C)[nH]c(C)c1C(=O)CCCc1ccccc1N. The monoisotopic (exact) mass is 314 g/mol. The highest BCUT2D eigenvalue weighted by Gasteiger charge is 2.24. The zero-order valence-corrected chi connectivity index (χ0v) is 13.7. The van der Waals surface area contributed by atoms with Crippen molar-refractivity contribution in [3.05, 3.63) is 52.3 Å². The van der Waals surface area contributed by atoms with Gasteiger partial charge in [-0.2, -0.15) is 0 Å². The summed E-state index contributed by atoms with van der Waals surface area (Å²) in [6.45, 7) is 3.56. The number of ketones is 1. The molecule has 122 valence electrons. The second-order valence-electron chi connectivity index (χ2n) is 5.59. The van der Waals surface area contributed by atoms with Crippen molar-refractivity contribution in [3.63, 3.8) is 0 Å². The molecule has 0 bridgehead atoms. The number of carbonyl (C=O) groups is 2. The first-order valence-electron chi connectivity index (χ1n) is 7.59. The number of hydrogen-bond acceptors (Lipinski definition) is 4. The number of aryl methyl sites for hydroxylation is 3. The van der Waals surface area contributed by atoms with Crippen LogP contribution in [0.1, 0.15) is 50.5 Å². The highest BCUT2D eigenvalue weighted by molar-refractivity contribution is 6.08. The van der Waals surface area contributed by atoms with Gasteiger partial charge in [-0.15, -0.1) is 0 Å². The molecule has 5 heteroatoms. The number of Topliss-reactive ketones (excluding diaryl/α,β-unsaturated/α-hetero) is 1. The first kappa shape index (κ1) is 16.8. The van der Waals surface area contributed by atoms with E-state index >= 15 is 0 Å². The van der Waals surface area contributed by atoms with E-state index in [4.69, 9.17) is 10.5 Å². The van der Waals surface area contributed by atoms with Gasteiger partial charge in [0, 0.05) is 23.5 Å². The molecule has 5 nitrogen and oxygen atoms in total. The average molecular weight is 314 g/mol. The molecule has 1 aromatic heterocycles. The number of hydrogen-bond donors (Lipinski definition) is 2. The number of ether oxygens (including phenoxy) is 1. The summed E-state index contributed by atoms with van der Waals surface area (Å²) < 4.78 is 4.78. The smallest absolute Gasteiger partial charge is 0.340 e. The van der Waals surface area contributed by atoms with E-state index < -0.39 is 5.97 Å². The lowest BCUT2D eigenvalue weighted by Gasteiger charge is -2.06. The minimum Gasteiger partial charge on any atom is -0.465 e. The van der Waals surface area contributed by atoms with Gasteiger partial charge in [0.15, 0.2) is 5.78 Å². The Morgan fingerprint density at radius 3 is 2.43 bits per heavy atom. The van der Waals surface area contributed by atoms with Crippen LogP contribution in [0.25, 0.3) is 0 Å². The molecule has 1 aromatic carbocycles. The van der Waals surface area contributed by atoms with Crippen molar-refractivity contribution in [1.29, 1.82) is 0 Å². The number of nitrogen functional groups attached to an aromatic ring is 1. The quantitative estimate of drug-likeness (QED) is 0.487. The van der Waals surface area contributed by atoms with E-state index in [1.807, 2.05) is 24.3 Å². The lowest BCUT2D eigenvalue weighted by Crippen LogP contribution is -2.10. The van der Waals surface area contributed by atoms with Gasteiger partial charge in [-0.3, -0.25) is 4.79 Å². The van der Waals surface area contributed by atoms with Crippen LogP contribution >= 0.6 is 0 Å². The fourth-order valence-corrected chi connectivity index (χ4v) is 2.81. The molecule has 23 heavy (non-hydrogen) atoms. The summed E-state index contributed by atoms with van der Waals surface area (Å²) in [5.74, 6) is -0.538. The number of nitrogens with two attached hydrogens (primary N) is 1. The molecule has 0 saturated heterocycles. The van der Waals surface area contributed by atoms with Gasteiger partial charge < -0.3 is 15.5 Å². The average Bonchev–Trinajstić information content (AvgIpc) is 2.82. The van der Waals surface area contributed by atoms with Crippen LogP contribution in [0.15, 0.2) is 24.3 Å². The third-order valence-corrected chi connectivity index (χ3v) is 3.95. The molecular weight excluding hydrogens is 292 g/mol. The maximum atomic E-state index is 12.5. The predicted octanol–water partition coefficient (Wildman–Crippen LogP) is 3.21. The van der Waals surface area contributed by atoms with Gasteiger partial charge in [-0.1, -0.05) is 18.2 Å². The summed E-state index contributed by atoms with van der Waals surface area (Å²) in [7, 11) is 1.32. The van der Waals surface area contributed by atoms with Crippen molar-refractivity contribution >= 4 is 17.4 Å². The topological polar surface area (TPSA) is 85.2 Å². The zero-order chi connectivity index (χ0) is 17.0. The van der Waals surface area contributed by atoms with Gasteiger partial charge in [-0.25, -0.2) is 4.79 Å². The standard InChI is InChI=1S/C18H22N2O3/c1-11-16(17(12(2)20-11)18(22)23-3)15(21)10-6-8-13-7-4-5-9-14(13)19/h4-5,7,9,20H,6,8,10,19H2,1-3H3. The van der Waals surface area contributed by atoms with Crippen LogP contribution in [0, 0.1) is 13.8 Å². The first-order chi connectivity index (χ1) is 11.0. The van der Waals surface area contributed by atoms with Crippen molar-refractivity contribution in [2.24, 2.45) is 0 Å². The minimum atomic E-state index is -0.484. The maximum Gasteiger partial charge on any atom is 0.340 e. The van der Waals surface area contributed by atoms with Gasteiger partial charge in [0.05, 0.1) is 18.2 Å². The second-order valence-corrected chi connectivity index (χ2v) is 5.59. The Kier molecular flexibility index (Phi) is 5.21. The maximum absolute atomic E-state index is 12.5. The van der Waals surface area contributed by atoms with Gasteiger partial charge in [0.25, 0.3) is 0 Å². The van der Waals surface area contributed by atoms with Crippen molar-refractivity contribution in [2.45, 2.75) is 33.1 Å². The molecular formula is C18H22N2O3. The number of aromatic amines is 1. The Balaban J connectivity index is 2.10. The number of benzene rings is 1. The molecule has 0 aliphatic heterocycles. The van der Waals surface area contributed by atoms with Gasteiger partial charge >= 0.3 is 5.97 Å². The summed E-state index contributed by atoms with van der Waals surface area (Å²) >= 11 is 0. The van der Waals surface area contributed by atoms with Gasteiger partial charge in [0.2, 0.25) is 0 Å². The molecule has 0 saturated carbocycles. The number of esters is 1. The van der Waals surface area contributed by atoms with Crippen LogP contribution in [-0.2, 0) is 11.2 Å². The first-order valence-corrected chi connectivity index (χ1v) is 7.59. The molecule has 2 aromatic rings. The van der Waals surface area contributed by atoms with Crippen LogP contribution in [-0.4, -0.2) is 23.8 Å². The molecule has 0 fully saturated rings. The highest BCUT2D eigenvalue weighted by Crippen LogP contribution is 2.22. The van der Waals surface area contributed by atoms with Crippen molar-refractivity contribution in [3.8, 4) is 0 Å². The number of aromatic nitrogens is 1. The number of para-hydroxylation sites is 1. The van der Waals surface area contributed by atoms with Crippen LogP contribution in [0.3, 0.4) is 0 Å². The molecule has 2 rings (SSSR count). The summed E-state index contributed by atoms with van der Waals surface area (Å²) in [5, 5.41) is 0. The number of anilines is 1. The Morgan fingerprint density at radius 2 is 1.78 bits per heavy atom. The molecule has 1 heterocycles. The third kappa shape index (κ3) is 3.62. The molecule has 0 unspecified atom stereocenters. The molecule has 0 radical (unpaired) electrons. The predicted molar refractivity (Wildman–Crippen MR) is 89.7 cm³/mol. The lowest BCUT2D eigenvalue weighted by molar-refractivity contribution is 0.0596. The summed E-state index contributed by atoms with van der Waals surface area (Å²) in [6.07, 6.45) is 1.77. The highest BCUT2D eigenvalue weighted by atomic mass is 16.5. The second kappa shape index (κ2) is 7.13. The van der Waals surface area contributed by atoms with E-state index in [9.17, 15) is 9.59 Å². The zero-order valence-electron chi connectivity index (χ0n) is 13.7. The lowest BCUT2D eigenvalue weighted by atomic mass is 9.98. The van der Waals surface area contributed by atoms with E-state index in [1.165, 1.54) is 7.11 Å². The van der Waals surface area contributed by atoms with Crippen LogP contribution < -0.4 is 5.73 Å². The molecule has 0 amide bonds. The summed E-state index contributed by atoms with van der Waals surface area (Å²) in [5.41, 5.74) is 9.82. The van der Waals surface area contributed by atoms with E-state index in [2.05, 4.69) is 4.98 Å². The fraction of sp³-hybridized carbons (Fsp3) is 0.333. The Hall–Kier alpha value is -2.56. The van der Waals surface area contributed by atoms with Crippen molar-refractivity contribution < 1.29 is 14.3 Å². The molecule has 0 aliphatic rings. The molecule has 0 spiro atoms. The van der Waals surface area contributed by atoms with E-state index in [0.717, 1.165) is 17.7 Å². The number of carbonyl (C=O) groups excluding carboxylic acids is 2. The molecule has 0 atom stereocenters. The number of methoxy groups -OCH3 is 1.